The van der Waals surface area contributed by atoms with E-state index in [0.717, 1.165) is 3.97 Å². The number of rotatable bonds is 7. The summed E-state index contributed by atoms with van der Waals surface area (Å²) in [4.78, 5) is 22.7. The predicted molar refractivity (Wildman–Crippen MR) is 116 cm³/mol. The number of aliphatic carboxylic acids is 2. The van der Waals surface area contributed by atoms with Gasteiger partial charge in [-0.3, -0.25) is 4.68 Å². The fourth-order valence-electron chi connectivity index (χ4n) is 2.60. The van der Waals surface area contributed by atoms with E-state index in [1.807, 2.05) is 0 Å². The van der Waals surface area contributed by atoms with Crippen LogP contribution in [0.4, 0.5) is 4.39 Å². The molecule has 176 valence electrons. The molecule has 0 amide bonds. The topological polar surface area (TPSA) is 156 Å². The maximum Gasteiger partial charge on any atom is 0.328 e. The quantitative estimate of drug-likeness (QED) is 0.325. The van der Waals surface area contributed by atoms with Gasteiger partial charge in [-0.1, -0.05) is 11.6 Å². The minimum absolute atomic E-state index is 0.00215. The molecule has 0 saturated carbocycles. The van der Waals surface area contributed by atoms with Crippen LogP contribution in [-0.4, -0.2) is 56.4 Å². The maximum absolute atomic E-state index is 14.2. The first-order chi connectivity index (χ1) is 15.5. The van der Waals surface area contributed by atoms with Crippen molar-refractivity contribution in [1.82, 2.24) is 24.1 Å². The molecule has 0 aromatic carbocycles. The third-order valence-electron chi connectivity index (χ3n) is 3.97. The lowest BCUT2D eigenvalue weighted by Gasteiger charge is -2.10. The van der Waals surface area contributed by atoms with E-state index in [-0.39, 0.29) is 21.2 Å². The standard InChI is InChI=1S/C15H15ClFN5O2S.C4H4O4/c1-18-6-10-8-22(25(23,24)11-7-20-21(2)9-11)14(13(10)16)12-4-3-5-19-15(12)17;5-3(6)1-2-4(7)8/h3-5,7-9,18H,6H2,1-2H3;1-2H,(H,5,6)(H,7,8). The van der Waals surface area contributed by atoms with Gasteiger partial charge in [0.15, 0.2) is 0 Å². The Kier molecular flexibility index (Phi) is 8.45. The zero-order valence-electron chi connectivity index (χ0n) is 17.3. The Labute approximate surface area is 192 Å². The lowest BCUT2D eigenvalue weighted by atomic mass is 10.2. The minimum Gasteiger partial charge on any atom is -0.478 e. The highest BCUT2D eigenvalue weighted by Gasteiger charge is 2.28. The molecule has 0 aliphatic heterocycles. The molecule has 0 saturated heterocycles. The highest BCUT2D eigenvalue weighted by atomic mass is 35.5. The molecule has 3 heterocycles. The Morgan fingerprint density at radius 2 is 1.88 bits per heavy atom. The molecule has 3 rings (SSSR count). The molecule has 0 atom stereocenters. The SMILES string of the molecule is CNCc1cn(S(=O)(=O)c2cnn(C)c2)c(-c2cccnc2F)c1Cl.O=C(O)C=CC(=O)O. The van der Waals surface area contributed by atoms with Gasteiger partial charge in [0.25, 0.3) is 10.0 Å². The summed E-state index contributed by atoms with van der Waals surface area (Å²) in [6, 6.07) is 2.95. The number of carboxylic acid groups (broad SMARTS) is 2. The molecule has 0 bridgehead atoms. The molecule has 0 radical (unpaired) electrons. The van der Waals surface area contributed by atoms with Crippen molar-refractivity contribution in [3.05, 3.63) is 65.6 Å². The molecule has 11 nitrogen and oxygen atoms in total. The molecular formula is C19H19ClFN5O6S. The van der Waals surface area contributed by atoms with E-state index in [1.165, 1.54) is 41.6 Å². The van der Waals surface area contributed by atoms with E-state index >= 15 is 0 Å². The number of hydrogen-bond donors (Lipinski definition) is 3. The normalized spacial score (nSPS) is 11.3. The van der Waals surface area contributed by atoms with Gasteiger partial charge in [-0.2, -0.15) is 9.49 Å². The number of hydrogen-bond acceptors (Lipinski definition) is 7. The fourth-order valence-corrected chi connectivity index (χ4v) is 4.35. The third-order valence-corrected chi connectivity index (χ3v) is 6.01. The molecule has 3 N–H and O–H groups in total. The van der Waals surface area contributed by atoms with Crippen LogP contribution in [0, 0.1) is 5.95 Å². The summed E-state index contributed by atoms with van der Waals surface area (Å²) < 4.78 is 42.6. The summed E-state index contributed by atoms with van der Waals surface area (Å²) in [5.74, 6) is -3.32. The molecule has 0 aliphatic carbocycles. The van der Waals surface area contributed by atoms with Crippen LogP contribution in [0.3, 0.4) is 0 Å². The van der Waals surface area contributed by atoms with Crippen LogP contribution in [0.5, 0.6) is 0 Å². The monoisotopic (exact) mass is 499 g/mol. The maximum atomic E-state index is 14.2. The van der Waals surface area contributed by atoms with E-state index in [9.17, 15) is 22.4 Å². The van der Waals surface area contributed by atoms with Crippen LogP contribution in [0.1, 0.15) is 5.56 Å². The average molecular weight is 500 g/mol. The third kappa shape index (κ3) is 6.25. The van der Waals surface area contributed by atoms with Crippen molar-refractivity contribution in [1.29, 1.82) is 0 Å². The summed E-state index contributed by atoms with van der Waals surface area (Å²) in [7, 11) is -0.698. The first-order valence-corrected chi connectivity index (χ1v) is 10.8. The molecule has 0 aliphatic rings. The van der Waals surface area contributed by atoms with Crippen molar-refractivity contribution < 1.29 is 32.6 Å². The van der Waals surface area contributed by atoms with Crippen LogP contribution in [0.2, 0.25) is 5.02 Å². The first-order valence-electron chi connectivity index (χ1n) is 9.02. The minimum atomic E-state index is -4.01. The van der Waals surface area contributed by atoms with Gasteiger partial charge in [-0.25, -0.2) is 27.0 Å². The highest BCUT2D eigenvalue weighted by molar-refractivity contribution is 7.90. The summed E-state index contributed by atoms with van der Waals surface area (Å²) in [6.07, 6.45) is 6.37. The Morgan fingerprint density at radius 1 is 1.24 bits per heavy atom. The van der Waals surface area contributed by atoms with Gasteiger partial charge in [0.1, 0.15) is 4.90 Å². The highest BCUT2D eigenvalue weighted by Crippen LogP contribution is 2.36. The first kappa shape index (κ1) is 25.7. The second-order valence-corrected chi connectivity index (χ2v) is 8.54. The van der Waals surface area contributed by atoms with Crippen molar-refractivity contribution in [3.63, 3.8) is 0 Å². The number of pyridine rings is 1. The molecule has 33 heavy (non-hydrogen) atoms. The number of nitrogens with one attached hydrogen (secondary N) is 1. The van der Waals surface area contributed by atoms with Crippen molar-refractivity contribution >= 4 is 33.6 Å². The van der Waals surface area contributed by atoms with Gasteiger partial charge in [0, 0.05) is 49.9 Å². The van der Waals surface area contributed by atoms with E-state index in [1.54, 1.807) is 14.1 Å². The number of halogens is 2. The van der Waals surface area contributed by atoms with Crippen LogP contribution in [-0.2, 0) is 33.2 Å². The van der Waals surface area contributed by atoms with Crippen LogP contribution in [0.15, 0.2) is 54.0 Å². The van der Waals surface area contributed by atoms with Gasteiger partial charge in [0.2, 0.25) is 5.95 Å². The van der Waals surface area contributed by atoms with Crippen molar-refractivity contribution in [3.8, 4) is 11.3 Å². The van der Waals surface area contributed by atoms with Gasteiger partial charge in [-0.15, -0.1) is 0 Å². The van der Waals surface area contributed by atoms with Gasteiger partial charge >= 0.3 is 11.9 Å². The molecule has 0 spiro atoms. The van der Waals surface area contributed by atoms with Crippen LogP contribution in [0.25, 0.3) is 11.3 Å². The zero-order valence-corrected chi connectivity index (χ0v) is 18.9. The summed E-state index contributed by atoms with van der Waals surface area (Å²) in [5.41, 5.74) is 0.554. The van der Waals surface area contributed by atoms with E-state index in [0.29, 0.717) is 24.3 Å². The van der Waals surface area contributed by atoms with Gasteiger partial charge < -0.3 is 15.5 Å². The number of aryl methyl sites for hydroxylation is 1. The summed E-state index contributed by atoms with van der Waals surface area (Å²) in [5, 5.41) is 22.6. The van der Waals surface area contributed by atoms with Crippen LogP contribution < -0.4 is 5.32 Å². The lowest BCUT2D eigenvalue weighted by molar-refractivity contribution is -0.134. The van der Waals surface area contributed by atoms with E-state index < -0.39 is 27.9 Å². The lowest BCUT2D eigenvalue weighted by Crippen LogP contribution is -2.13. The second kappa shape index (κ2) is 10.8. The Morgan fingerprint density at radius 3 is 2.36 bits per heavy atom. The smallest absolute Gasteiger partial charge is 0.328 e. The molecule has 0 unspecified atom stereocenters. The molecule has 3 aromatic rings. The molecule has 3 aromatic heterocycles. The molecule has 0 fully saturated rings. The second-order valence-electron chi connectivity index (χ2n) is 6.35. The summed E-state index contributed by atoms with van der Waals surface area (Å²) >= 11 is 6.37. The Balaban J connectivity index is 0.000000414. The van der Waals surface area contributed by atoms with Gasteiger partial charge in [0.05, 0.1) is 22.5 Å². The largest absolute Gasteiger partial charge is 0.478 e. The van der Waals surface area contributed by atoms with Gasteiger partial charge in [-0.05, 0) is 19.2 Å². The number of aromatic nitrogens is 4. The Hall–Kier alpha value is -3.55. The Bertz CT molecular complexity index is 1290. The van der Waals surface area contributed by atoms with Crippen molar-refractivity contribution in [2.24, 2.45) is 7.05 Å². The number of nitrogens with zero attached hydrogens (tertiary/aromatic N) is 4. The van der Waals surface area contributed by atoms with E-state index in [2.05, 4.69) is 15.4 Å². The summed E-state index contributed by atoms with van der Waals surface area (Å²) in [6.45, 7) is 0.323. The van der Waals surface area contributed by atoms with E-state index in [4.69, 9.17) is 21.8 Å². The zero-order chi connectivity index (χ0) is 24.8. The van der Waals surface area contributed by atoms with Crippen molar-refractivity contribution in [2.75, 3.05) is 7.05 Å². The molecule has 14 heteroatoms. The predicted octanol–water partition coefficient (Wildman–Crippen LogP) is 1.74. The fraction of sp³-hybridized carbons (Fsp3) is 0.158. The van der Waals surface area contributed by atoms with Crippen molar-refractivity contribution in [2.45, 2.75) is 11.4 Å². The average Bonchev–Trinajstić information content (AvgIpc) is 3.32. The number of carboxylic acids is 2. The number of carbonyl (C=O) groups is 2. The van der Waals surface area contributed by atoms with Crippen LogP contribution >= 0.6 is 11.6 Å². The molecular weight excluding hydrogens is 481 g/mol.